The second kappa shape index (κ2) is 6.19. The molecule has 4 heteroatoms. The molecule has 4 nitrogen and oxygen atoms in total. The van der Waals surface area contributed by atoms with Crippen LogP contribution in [0.4, 0.5) is 5.69 Å². The maximum atomic E-state index is 12.3. The van der Waals surface area contributed by atoms with Gasteiger partial charge in [0.2, 0.25) is 12.3 Å². The zero-order valence-corrected chi connectivity index (χ0v) is 12.0. The van der Waals surface area contributed by atoms with Crippen LogP contribution in [-0.2, 0) is 6.54 Å². The molecule has 1 aromatic heterocycles. The van der Waals surface area contributed by atoms with E-state index in [1.165, 1.54) is 0 Å². The van der Waals surface area contributed by atoms with E-state index >= 15 is 0 Å². The Morgan fingerprint density at radius 2 is 1.80 bits per heavy atom. The molecule has 1 aromatic carbocycles. The maximum Gasteiger partial charge on any atom is 0.231 e. The molecule has 2 rings (SSSR count). The standard InChI is InChI=1S/C16H19N2O2/c1-17(2)13-8-10-18(11-9-13)12-15(19)14-6-4-5-7-16(14)20-3/h4-11H,12H2,1-3H3/q+1. The number of aromatic nitrogens is 1. The fourth-order valence-corrected chi connectivity index (χ4v) is 1.98. The van der Waals surface area contributed by atoms with E-state index in [-0.39, 0.29) is 5.78 Å². The average Bonchev–Trinajstić information content (AvgIpc) is 2.47. The largest absolute Gasteiger partial charge is 0.496 e. The molecule has 0 aliphatic heterocycles. The summed E-state index contributed by atoms with van der Waals surface area (Å²) < 4.78 is 7.08. The van der Waals surface area contributed by atoms with Gasteiger partial charge in [-0.05, 0) is 12.1 Å². The van der Waals surface area contributed by atoms with Crippen molar-refractivity contribution >= 4 is 11.5 Å². The number of Topliss-reactive ketones (excluding diaryl/α,β-unsaturated/α-hetero) is 1. The molecule has 2 aromatic rings. The quantitative estimate of drug-likeness (QED) is 0.615. The molecule has 0 bridgehead atoms. The Morgan fingerprint density at radius 1 is 1.15 bits per heavy atom. The number of anilines is 1. The number of ether oxygens (including phenoxy) is 1. The van der Waals surface area contributed by atoms with E-state index in [1.54, 1.807) is 19.2 Å². The lowest BCUT2D eigenvalue weighted by molar-refractivity contribution is -0.683. The summed E-state index contributed by atoms with van der Waals surface area (Å²) in [6.07, 6.45) is 3.81. The lowest BCUT2D eigenvalue weighted by Crippen LogP contribution is -2.37. The molecule has 0 aliphatic carbocycles. The molecule has 0 unspecified atom stereocenters. The molecule has 0 saturated carbocycles. The normalized spacial score (nSPS) is 10.2. The third-order valence-corrected chi connectivity index (χ3v) is 3.12. The molecule has 1 heterocycles. The smallest absolute Gasteiger partial charge is 0.231 e. The Labute approximate surface area is 119 Å². The number of ketones is 1. The van der Waals surface area contributed by atoms with Crippen LogP contribution in [0.15, 0.2) is 48.8 Å². The third-order valence-electron chi connectivity index (χ3n) is 3.12. The molecule has 0 fully saturated rings. The second-order valence-electron chi connectivity index (χ2n) is 4.75. The van der Waals surface area contributed by atoms with E-state index in [1.807, 2.05) is 60.2 Å². The van der Waals surface area contributed by atoms with Gasteiger partial charge in [-0.25, -0.2) is 0 Å². The van der Waals surface area contributed by atoms with Gasteiger partial charge < -0.3 is 9.64 Å². The van der Waals surface area contributed by atoms with Gasteiger partial charge in [0.05, 0.1) is 12.7 Å². The molecule has 0 amide bonds. The number of rotatable bonds is 5. The van der Waals surface area contributed by atoms with Gasteiger partial charge >= 0.3 is 0 Å². The minimum atomic E-state index is 0.0325. The number of pyridine rings is 1. The number of nitrogens with zero attached hydrogens (tertiary/aromatic N) is 2. The molecule has 0 atom stereocenters. The van der Waals surface area contributed by atoms with Crippen LogP contribution in [0.25, 0.3) is 0 Å². The van der Waals surface area contributed by atoms with Gasteiger partial charge in [-0.1, -0.05) is 12.1 Å². The fraction of sp³-hybridized carbons (Fsp3) is 0.250. The lowest BCUT2D eigenvalue weighted by atomic mass is 10.1. The van der Waals surface area contributed by atoms with Crippen LogP contribution in [0.3, 0.4) is 0 Å². The van der Waals surface area contributed by atoms with Crippen molar-refractivity contribution in [3.05, 3.63) is 54.4 Å². The highest BCUT2D eigenvalue weighted by molar-refractivity contribution is 5.97. The van der Waals surface area contributed by atoms with Crippen molar-refractivity contribution in [2.45, 2.75) is 6.54 Å². The molecular weight excluding hydrogens is 252 g/mol. The van der Waals surface area contributed by atoms with E-state index in [0.717, 1.165) is 5.69 Å². The number of hydrogen-bond donors (Lipinski definition) is 0. The van der Waals surface area contributed by atoms with Gasteiger partial charge in [0, 0.05) is 31.9 Å². The molecule has 104 valence electrons. The lowest BCUT2D eigenvalue weighted by Gasteiger charge is -2.10. The Morgan fingerprint density at radius 3 is 2.40 bits per heavy atom. The summed E-state index contributed by atoms with van der Waals surface area (Å²) in [5, 5.41) is 0. The highest BCUT2D eigenvalue weighted by atomic mass is 16.5. The second-order valence-corrected chi connectivity index (χ2v) is 4.75. The molecule has 20 heavy (non-hydrogen) atoms. The molecule has 0 spiro atoms. The van der Waals surface area contributed by atoms with E-state index in [0.29, 0.717) is 17.9 Å². The predicted molar refractivity (Wildman–Crippen MR) is 78.3 cm³/mol. The first-order chi connectivity index (χ1) is 9.61. The number of hydrogen-bond acceptors (Lipinski definition) is 3. The van der Waals surface area contributed by atoms with Crippen molar-refractivity contribution in [3.8, 4) is 5.75 Å². The molecule has 0 saturated heterocycles. The number of carbonyl (C=O) groups excluding carboxylic acids is 1. The van der Waals surface area contributed by atoms with Gasteiger partial charge in [-0.15, -0.1) is 0 Å². The Balaban J connectivity index is 2.15. The van der Waals surface area contributed by atoms with E-state index in [4.69, 9.17) is 4.74 Å². The highest BCUT2D eigenvalue weighted by Crippen LogP contribution is 2.17. The summed E-state index contributed by atoms with van der Waals surface area (Å²) >= 11 is 0. The Bertz CT molecular complexity index is 592. The zero-order valence-electron chi connectivity index (χ0n) is 12.0. The topological polar surface area (TPSA) is 33.4 Å². The molecule has 0 radical (unpaired) electrons. The summed E-state index contributed by atoms with van der Waals surface area (Å²) in [5.41, 5.74) is 1.71. The van der Waals surface area contributed by atoms with Crippen LogP contribution in [-0.4, -0.2) is 27.0 Å². The number of carbonyl (C=O) groups is 1. The van der Waals surface area contributed by atoms with Gasteiger partial charge in [-0.3, -0.25) is 4.79 Å². The van der Waals surface area contributed by atoms with Crippen molar-refractivity contribution < 1.29 is 14.1 Å². The SMILES string of the molecule is COc1ccccc1C(=O)C[n+]1ccc(N(C)C)cc1. The minimum Gasteiger partial charge on any atom is -0.496 e. The van der Waals surface area contributed by atoms with Gasteiger partial charge in [0.15, 0.2) is 12.4 Å². The summed E-state index contributed by atoms with van der Waals surface area (Å²) in [7, 11) is 5.55. The van der Waals surface area contributed by atoms with Gasteiger partial charge in [0.25, 0.3) is 0 Å². The summed E-state index contributed by atoms with van der Waals surface area (Å²) in [5.74, 6) is 0.646. The van der Waals surface area contributed by atoms with Crippen molar-refractivity contribution in [1.29, 1.82) is 0 Å². The van der Waals surface area contributed by atoms with Crippen molar-refractivity contribution in [2.24, 2.45) is 0 Å². The number of benzene rings is 1. The van der Waals surface area contributed by atoms with Crippen LogP contribution in [0.1, 0.15) is 10.4 Å². The fourth-order valence-electron chi connectivity index (χ4n) is 1.98. The Kier molecular flexibility index (Phi) is 4.35. The number of methoxy groups -OCH3 is 1. The first-order valence-electron chi connectivity index (χ1n) is 6.44. The van der Waals surface area contributed by atoms with Crippen molar-refractivity contribution in [1.82, 2.24) is 0 Å². The monoisotopic (exact) mass is 271 g/mol. The minimum absolute atomic E-state index is 0.0325. The van der Waals surface area contributed by atoms with Crippen LogP contribution in [0.2, 0.25) is 0 Å². The van der Waals surface area contributed by atoms with Crippen LogP contribution >= 0.6 is 0 Å². The van der Waals surface area contributed by atoms with Crippen molar-refractivity contribution in [3.63, 3.8) is 0 Å². The average molecular weight is 271 g/mol. The van der Waals surface area contributed by atoms with Crippen LogP contribution < -0.4 is 14.2 Å². The van der Waals surface area contributed by atoms with Gasteiger partial charge in [0.1, 0.15) is 5.75 Å². The predicted octanol–water partition coefficient (Wildman–Crippen LogP) is 1.93. The maximum absolute atomic E-state index is 12.3. The molecular formula is C16H19N2O2+. The van der Waals surface area contributed by atoms with Gasteiger partial charge in [-0.2, -0.15) is 4.57 Å². The summed E-state index contributed by atoms with van der Waals surface area (Å²) in [6.45, 7) is 0.300. The Hall–Kier alpha value is -2.36. The molecule has 0 aliphatic rings. The number of para-hydroxylation sites is 1. The van der Waals surface area contributed by atoms with Crippen LogP contribution in [0, 0.1) is 0 Å². The first kappa shape index (κ1) is 14.1. The van der Waals surface area contributed by atoms with E-state index < -0.39 is 0 Å². The summed E-state index contributed by atoms with van der Waals surface area (Å²) in [4.78, 5) is 14.3. The third kappa shape index (κ3) is 3.15. The molecule has 0 N–H and O–H groups in total. The van der Waals surface area contributed by atoms with Crippen LogP contribution in [0.5, 0.6) is 5.75 Å². The summed E-state index contributed by atoms with van der Waals surface area (Å²) in [6, 6.07) is 11.2. The zero-order chi connectivity index (χ0) is 14.5. The van der Waals surface area contributed by atoms with E-state index in [9.17, 15) is 4.79 Å². The first-order valence-corrected chi connectivity index (χ1v) is 6.44. The van der Waals surface area contributed by atoms with Crippen molar-refractivity contribution in [2.75, 3.05) is 26.1 Å². The highest BCUT2D eigenvalue weighted by Gasteiger charge is 2.16. The van der Waals surface area contributed by atoms with E-state index in [2.05, 4.69) is 0 Å².